The zero-order valence-electron chi connectivity index (χ0n) is 17.0. The van der Waals surface area contributed by atoms with Crippen LogP contribution in [-0.4, -0.2) is 73.0 Å². The highest BCUT2D eigenvalue weighted by Gasteiger charge is 2.28. The van der Waals surface area contributed by atoms with Crippen LogP contribution in [0.4, 0.5) is 0 Å². The van der Waals surface area contributed by atoms with Crippen molar-refractivity contribution >= 4 is 11.8 Å². The predicted octanol–water partition coefficient (Wildman–Crippen LogP) is 1.75. The molecular weight excluding hydrogens is 340 g/mol. The first kappa shape index (κ1) is 20.6. The van der Waals surface area contributed by atoms with E-state index in [1.807, 2.05) is 0 Å². The monoisotopic (exact) mass is 378 g/mol. The number of likely N-dealkylation sites (N-methyl/N-ethyl adjacent to an activating group) is 1. The van der Waals surface area contributed by atoms with Crippen LogP contribution in [0.25, 0.3) is 0 Å². The van der Waals surface area contributed by atoms with Crippen LogP contribution in [0, 0.1) is 5.92 Å². The molecule has 1 aliphatic carbocycles. The number of likely N-dealkylation sites (tertiary alicyclic amines) is 1. The Morgan fingerprint density at radius 3 is 2.59 bits per heavy atom. The Morgan fingerprint density at radius 1 is 1.07 bits per heavy atom. The minimum atomic E-state index is -0.000114. The van der Waals surface area contributed by atoms with Crippen LogP contribution in [0.5, 0.6) is 0 Å². The molecule has 3 aliphatic rings. The first-order valence-corrected chi connectivity index (χ1v) is 11.2. The molecule has 1 saturated carbocycles. The van der Waals surface area contributed by atoms with Gasteiger partial charge in [0.1, 0.15) is 0 Å². The predicted molar refractivity (Wildman–Crippen MR) is 107 cm³/mol. The van der Waals surface area contributed by atoms with E-state index < -0.39 is 0 Å². The summed E-state index contributed by atoms with van der Waals surface area (Å²) in [5.74, 6) is 0.904. The molecule has 154 valence electrons. The second-order valence-electron chi connectivity index (χ2n) is 8.61. The smallest absolute Gasteiger partial charge is 0.237 e. The SMILES string of the molecule is CCN(C(=O)CN1CCCC(CNC(=O)C2CCCN2)C1)C1CCCCC1. The topological polar surface area (TPSA) is 64.7 Å². The van der Waals surface area contributed by atoms with Crippen molar-refractivity contribution in [2.24, 2.45) is 5.92 Å². The van der Waals surface area contributed by atoms with E-state index in [2.05, 4.69) is 27.4 Å². The highest BCUT2D eigenvalue weighted by molar-refractivity contribution is 5.82. The second-order valence-corrected chi connectivity index (χ2v) is 8.61. The van der Waals surface area contributed by atoms with Crippen LogP contribution in [0.15, 0.2) is 0 Å². The van der Waals surface area contributed by atoms with Crippen molar-refractivity contribution in [2.75, 3.05) is 39.3 Å². The lowest BCUT2D eigenvalue weighted by Gasteiger charge is -2.37. The molecule has 2 N–H and O–H groups in total. The normalized spacial score (nSPS) is 27.4. The van der Waals surface area contributed by atoms with E-state index in [1.165, 1.54) is 32.1 Å². The van der Waals surface area contributed by atoms with Crippen LogP contribution in [0.1, 0.15) is 64.7 Å². The van der Waals surface area contributed by atoms with Crippen LogP contribution < -0.4 is 10.6 Å². The van der Waals surface area contributed by atoms with Gasteiger partial charge in [-0.3, -0.25) is 14.5 Å². The number of carbonyl (C=O) groups excluding carboxylic acids is 2. The highest BCUT2D eigenvalue weighted by atomic mass is 16.2. The van der Waals surface area contributed by atoms with Crippen molar-refractivity contribution in [2.45, 2.75) is 76.8 Å². The molecule has 2 atom stereocenters. The van der Waals surface area contributed by atoms with E-state index in [-0.39, 0.29) is 11.9 Å². The summed E-state index contributed by atoms with van der Waals surface area (Å²) in [4.78, 5) is 29.5. The summed E-state index contributed by atoms with van der Waals surface area (Å²) in [5.41, 5.74) is 0. The van der Waals surface area contributed by atoms with E-state index in [0.29, 0.717) is 24.4 Å². The second kappa shape index (κ2) is 10.4. The van der Waals surface area contributed by atoms with Crippen molar-refractivity contribution in [3.63, 3.8) is 0 Å². The maximum atomic E-state index is 12.9. The summed E-state index contributed by atoms with van der Waals surface area (Å²) >= 11 is 0. The molecule has 3 rings (SSSR count). The van der Waals surface area contributed by atoms with Gasteiger partial charge in [-0.2, -0.15) is 0 Å². The minimum Gasteiger partial charge on any atom is -0.354 e. The van der Waals surface area contributed by atoms with Crippen molar-refractivity contribution < 1.29 is 9.59 Å². The quantitative estimate of drug-likeness (QED) is 0.708. The molecule has 2 saturated heterocycles. The van der Waals surface area contributed by atoms with Gasteiger partial charge in [0.15, 0.2) is 0 Å². The fourth-order valence-electron chi connectivity index (χ4n) is 5.05. The maximum Gasteiger partial charge on any atom is 0.237 e. The van der Waals surface area contributed by atoms with Crippen LogP contribution in [0.2, 0.25) is 0 Å². The van der Waals surface area contributed by atoms with Gasteiger partial charge in [-0.15, -0.1) is 0 Å². The van der Waals surface area contributed by atoms with Gasteiger partial charge in [0.2, 0.25) is 11.8 Å². The van der Waals surface area contributed by atoms with Gasteiger partial charge in [0, 0.05) is 25.7 Å². The van der Waals surface area contributed by atoms with Crippen molar-refractivity contribution in [1.82, 2.24) is 20.4 Å². The minimum absolute atomic E-state index is 0.000114. The fraction of sp³-hybridized carbons (Fsp3) is 0.905. The van der Waals surface area contributed by atoms with E-state index >= 15 is 0 Å². The number of hydrogen-bond acceptors (Lipinski definition) is 4. The summed E-state index contributed by atoms with van der Waals surface area (Å²) in [6, 6.07) is 0.454. The van der Waals surface area contributed by atoms with Crippen molar-refractivity contribution in [3.8, 4) is 0 Å². The van der Waals surface area contributed by atoms with Gasteiger partial charge in [0.05, 0.1) is 12.6 Å². The van der Waals surface area contributed by atoms with E-state index in [4.69, 9.17) is 0 Å². The van der Waals surface area contributed by atoms with Crippen molar-refractivity contribution in [3.05, 3.63) is 0 Å². The molecule has 0 radical (unpaired) electrons. The lowest BCUT2D eigenvalue weighted by atomic mass is 9.94. The number of hydrogen-bond donors (Lipinski definition) is 2. The van der Waals surface area contributed by atoms with Crippen LogP contribution in [-0.2, 0) is 9.59 Å². The van der Waals surface area contributed by atoms with Gasteiger partial charge < -0.3 is 15.5 Å². The Morgan fingerprint density at radius 2 is 1.89 bits per heavy atom. The largest absolute Gasteiger partial charge is 0.354 e. The van der Waals surface area contributed by atoms with E-state index in [0.717, 1.165) is 58.4 Å². The summed E-state index contributed by atoms with van der Waals surface area (Å²) < 4.78 is 0. The molecule has 27 heavy (non-hydrogen) atoms. The average Bonchev–Trinajstić information content (AvgIpc) is 3.23. The molecule has 0 aromatic heterocycles. The summed E-state index contributed by atoms with van der Waals surface area (Å²) in [6.45, 7) is 7.09. The molecule has 0 aromatic carbocycles. The third kappa shape index (κ3) is 5.92. The Balaban J connectivity index is 1.42. The van der Waals surface area contributed by atoms with Gasteiger partial charge >= 0.3 is 0 Å². The third-order valence-electron chi connectivity index (χ3n) is 6.58. The number of rotatable bonds is 7. The number of carbonyl (C=O) groups is 2. The molecule has 2 aliphatic heterocycles. The van der Waals surface area contributed by atoms with Crippen molar-refractivity contribution in [1.29, 1.82) is 0 Å². The zero-order chi connectivity index (χ0) is 19.1. The first-order valence-electron chi connectivity index (χ1n) is 11.2. The van der Waals surface area contributed by atoms with Crippen LogP contribution in [0.3, 0.4) is 0 Å². The van der Waals surface area contributed by atoms with E-state index in [1.54, 1.807) is 0 Å². The third-order valence-corrected chi connectivity index (χ3v) is 6.58. The summed E-state index contributed by atoms with van der Waals surface area (Å²) in [6.07, 6.45) is 10.5. The Kier molecular flexibility index (Phi) is 7.94. The highest BCUT2D eigenvalue weighted by Crippen LogP contribution is 2.23. The maximum absolute atomic E-state index is 12.9. The molecule has 2 heterocycles. The molecule has 0 spiro atoms. The number of piperidine rings is 1. The van der Waals surface area contributed by atoms with Gasteiger partial charge in [-0.25, -0.2) is 0 Å². The molecule has 6 heteroatoms. The number of nitrogens with zero attached hydrogens (tertiary/aromatic N) is 2. The molecule has 6 nitrogen and oxygen atoms in total. The molecule has 2 unspecified atom stereocenters. The molecule has 3 fully saturated rings. The Bertz CT molecular complexity index is 487. The first-order chi connectivity index (χ1) is 13.2. The number of nitrogens with one attached hydrogen (secondary N) is 2. The molecular formula is C21H38N4O2. The Hall–Kier alpha value is -1.14. The summed E-state index contributed by atoms with van der Waals surface area (Å²) in [7, 11) is 0. The Labute approximate surface area is 164 Å². The lowest BCUT2D eigenvalue weighted by Crippen LogP contribution is -2.49. The van der Waals surface area contributed by atoms with Crippen LogP contribution >= 0.6 is 0 Å². The zero-order valence-corrected chi connectivity index (χ0v) is 17.0. The average molecular weight is 379 g/mol. The molecule has 0 aromatic rings. The number of amides is 2. The molecule has 2 amide bonds. The van der Waals surface area contributed by atoms with Gasteiger partial charge in [-0.05, 0) is 64.5 Å². The fourth-order valence-corrected chi connectivity index (χ4v) is 5.05. The van der Waals surface area contributed by atoms with Gasteiger partial charge in [0.25, 0.3) is 0 Å². The summed E-state index contributed by atoms with van der Waals surface area (Å²) in [5, 5.41) is 6.39. The molecule has 0 bridgehead atoms. The van der Waals surface area contributed by atoms with Gasteiger partial charge in [-0.1, -0.05) is 19.3 Å². The standard InChI is InChI=1S/C21H38N4O2/c1-2-25(18-9-4-3-5-10-18)20(26)16-24-13-7-8-17(15-24)14-23-21(27)19-11-6-12-22-19/h17-19,22H,2-16H2,1H3,(H,23,27). The lowest BCUT2D eigenvalue weighted by molar-refractivity contribution is -0.135. The van der Waals surface area contributed by atoms with E-state index in [9.17, 15) is 9.59 Å².